The predicted molar refractivity (Wildman–Crippen MR) is 96.7 cm³/mol. The van der Waals surface area contributed by atoms with Gasteiger partial charge >= 0.3 is 0 Å². The van der Waals surface area contributed by atoms with Crippen molar-refractivity contribution in [3.05, 3.63) is 59.7 Å². The molecule has 25 heavy (non-hydrogen) atoms. The van der Waals surface area contributed by atoms with E-state index in [4.69, 9.17) is 4.74 Å². The van der Waals surface area contributed by atoms with Crippen molar-refractivity contribution >= 4 is 17.5 Å². The molecule has 1 aliphatic rings. The van der Waals surface area contributed by atoms with Gasteiger partial charge in [0.2, 0.25) is 11.8 Å². The third kappa shape index (κ3) is 5.08. The number of ether oxygens (including phenoxy) is 1. The van der Waals surface area contributed by atoms with Crippen LogP contribution in [0.25, 0.3) is 0 Å². The van der Waals surface area contributed by atoms with Crippen LogP contribution in [-0.2, 0) is 22.4 Å². The Balaban J connectivity index is 1.38. The van der Waals surface area contributed by atoms with Gasteiger partial charge in [0.1, 0.15) is 5.75 Å². The Morgan fingerprint density at radius 3 is 2.80 bits per heavy atom. The summed E-state index contributed by atoms with van der Waals surface area (Å²) in [7, 11) is 0. The molecule has 3 rings (SSSR count). The Hall–Kier alpha value is -2.82. The van der Waals surface area contributed by atoms with Crippen molar-refractivity contribution in [2.45, 2.75) is 25.7 Å². The molecule has 0 saturated heterocycles. The lowest BCUT2D eigenvalue weighted by Crippen LogP contribution is -2.27. The number of carbonyl (C=O) groups excluding carboxylic acids is 2. The van der Waals surface area contributed by atoms with Gasteiger partial charge in [-0.3, -0.25) is 9.59 Å². The highest BCUT2D eigenvalue weighted by Gasteiger charge is 2.14. The first kappa shape index (κ1) is 17.0. The molecule has 5 nitrogen and oxygen atoms in total. The Labute approximate surface area is 147 Å². The molecule has 0 bridgehead atoms. The number of para-hydroxylation sites is 1. The van der Waals surface area contributed by atoms with Crippen molar-refractivity contribution in [3.63, 3.8) is 0 Å². The summed E-state index contributed by atoms with van der Waals surface area (Å²) >= 11 is 0. The molecular weight excluding hydrogens is 316 g/mol. The van der Waals surface area contributed by atoms with Gasteiger partial charge in [0.15, 0.2) is 0 Å². The molecule has 0 aromatic heterocycles. The van der Waals surface area contributed by atoms with Crippen LogP contribution < -0.4 is 15.4 Å². The van der Waals surface area contributed by atoms with E-state index < -0.39 is 0 Å². The lowest BCUT2D eigenvalue weighted by Gasteiger charge is -2.17. The first-order valence-electron chi connectivity index (χ1n) is 8.57. The first-order valence-corrected chi connectivity index (χ1v) is 8.57. The zero-order chi connectivity index (χ0) is 17.5. The van der Waals surface area contributed by atoms with Crippen LogP contribution in [0.4, 0.5) is 5.69 Å². The fourth-order valence-electron chi connectivity index (χ4n) is 2.81. The van der Waals surface area contributed by atoms with Crippen LogP contribution in [0.2, 0.25) is 0 Å². The molecular formula is C20H22N2O3. The van der Waals surface area contributed by atoms with Gasteiger partial charge in [0.05, 0.1) is 13.0 Å². The molecule has 0 unspecified atom stereocenters. The van der Waals surface area contributed by atoms with Crippen LogP contribution in [-0.4, -0.2) is 25.0 Å². The molecule has 2 aromatic carbocycles. The Kier molecular flexibility index (Phi) is 5.67. The number of benzene rings is 2. The standard InChI is InChI=1S/C20H22N2O3/c23-19(11-13-25-17-4-2-1-3-5-17)21-12-10-15-6-8-18-16(14-15)7-9-20(24)22-18/h1-6,8,14H,7,9-13H2,(H,21,23)(H,22,24). The van der Waals surface area contributed by atoms with Crippen molar-refractivity contribution in [2.75, 3.05) is 18.5 Å². The number of fused-ring (bicyclic) bond motifs is 1. The maximum Gasteiger partial charge on any atom is 0.224 e. The average Bonchev–Trinajstić information content (AvgIpc) is 2.63. The Morgan fingerprint density at radius 1 is 1.12 bits per heavy atom. The lowest BCUT2D eigenvalue weighted by atomic mass is 9.99. The molecule has 2 aromatic rings. The maximum absolute atomic E-state index is 11.9. The predicted octanol–water partition coefficient (Wildman–Crippen LogP) is 2.70. The highest BCUT2D eigenvalue weighted by atomic mass is 16.5. The Bertz CT molecular complexity index is 744. The van der Waals surface area contributed by atoms with E-state index in [0.717, 1.165) is 29.8 Å². The second kappa shape index (κ2) is 8.33. The van der Waals surface area contributed by atoms with Crippen LogP contribution in [0, 0.1) is 0 Å². The number of rotatable bonds is 7. The summed E-state index contributed by atoms with van der Waals surface area (Å²) in [6.07, 6.45) is 2.42. The number of carbonyl (C=O) groups is 2. The number of amides is 2. The molecule has 130 valence electrons. The minimum absolute atomic E-state index is 0.0128. The van der Waals surface area contributed by atoms with Gasteiger partial charge in [0, 0.05) is 18.7 Å². The molecule has 0 atom stereocenters. The van der Waals surface area contributed by atoms with Crippen molar-refractivity contribution < 1.29 is 14.3 Å². The molecule has 1 aliphatic heterocycles. The lowest BCUT2D eigenvalue weighted by molar-refractivity contribution is -0.121. The van der Waals surface area contributed by atoms with Crippen molar-refractivity contribution in [2.24, 2.45) is 0 Å². The largest absolute Gasteiger partial charge is 0.493 e. The summed E-state index contributed by atoms with van der Waals surface area (Å²) in [5.74, 6) is 0.836. The fourth-order valence-corrected chi connectivity index (χ4v) is 2.81. The smallest absolute Gasteiger partial charge is 0.224 e. The van der Waals surface area contributed by atoms with E-state index in [9.17, 15) is 9.59 Å². The van der Waals surface area contributed by atoms with E-state index in [1.807, 2.05) is 42.5 Å². The van der Waals surface area contributed by atoms with Gasteiger partial charge in [0.25, 0.3) is 0 Å². The molecule has 2 amide bonds. The van der Waals surface area contributed by atoms with Crippen LogP contribution >= 0.6 is 0 Å². The zero-order valence-electron chi connectivity index (χ0n) is 14.1. The second-order valence-corrected chi connectivity index (χ2v) is 6.05. The molecule has 0 aliphatic carbocycles. The van der Waals surface area contributed by atoms with Crippen molar-refractivity contribution in [1.82, 2.24) is 5.32 Å². The summed E-state index contributed by atoms with van der Waals surface area (Å²) in [6, 6.07) is 15.5. The van der Waals surface area contributed by atoms with Crippen molar-refractivity contribution in [1.29, 1.82) is 0 Å². The topological polar surface area (TPSA) is 67.4 Å². The number of hydrogen-bond acceptors (Lipinski definition) is 3. The average molecular weight is 338 g/mol. The van der Waals surface area contributed by atoms with Crippen LogP contribution in [0.3, 0.4) is 0 Å². The Morgan fingerprint density at radius 2 is 1.96 bits per heavy atom. The molecule has 1 heterocycles. The highest BCUT2D eigenvalue weighted by Crippen LogP contribution is 2.23. The van der Waals surface area contributed by atoms with Gasteiger partial charge in [-0.25, -0.2) is 0 Å². The number of anilines is 1. The molecule has 2 N–H and O–H groups in total. The minimum atomic E-state index is -0.0128. The maximum atomic E-state index is 11.9. The normalized spacial score (nSPS) is 12.9. The summed E-state index contributed by atoms with van der Waals surface area (Å²) in [4.78, 5) is 23.2. The van der Waals surface area contributed by atoms with E-state index in [1.54, 1.807) is 0 Å². The molecule has 0 radical (unpaired) electrons. The highest BCUT2D eigenvalue weighted by molar-refractivity contribution is 5.93. The summed E-state index contributed by atoms with van der Waals surface area (Å²) in [6.45, 7) is 0.962. The number of aryl methyl sites for hydroxylation is 1. The van der Waals surface area contributed by atoms with E-state index in [0.29, 0.717) is 26.0 Å². The van der Waals surface area contributed by atoms with Crippen molar-refractivity contribution in [3.8, 4) is 5.75 Å². The summed E-state index contributed by atoms with van der Waals surface area (Å²) < 4.78 is 5.52. The third-order valence-corrected chi connectivity index (χ3v) is 4.14. The summed E-state index contributed by atoms with van der Waals surface area (Å²) in [5.41, 5.74) is 3.23. The zero-order valence-corrected chi connectivity index (χ0v) is 14.1. The van der Waals surface area contributed by atoms with Crippen LogP contribution in [0.5, 0.6) is 5.75 Å². The quantitative estimate of drug-likeness (QED) is 0.816. The number of nitrogens with one attached hydrogen (secondary N) is 2. The summed E-state index contributed by atoms with van der Waals surface area (Å²) in [5, 5.41) is 5.79. The fraction of sp³-hybridized carbons (Fsp3) is 0.300. The second-order valence-electron chi connectivity index (χ2n) is 6.05. The minimum Gasteiger partial charge on any atom is -0.493 e. The third-order valence-electron chi connectivity index (χ3n) is 4.14. The SMILES string of the molecule is O=C(CCOc1ccccc1)NCCc1ccc2c(c1)CCC(=O)N2. The van der Waals surface area contributed by atoms with E-state index in [2.05, 4.69) is 16.7 Å². The molecule has 0 saturated carbocycles. The monoisotopic (exact) mass is 338 g/mol. The van der Waals surface area contributed by atoms with E-state index in [-0.39, 0.29) is 11.8 Å². The molecule has 0 fully saturated rings. The van der Waals surface area contributed by atoms with Gasteiger partial charge in [-0.15, -0.1) is 0 Å². The first-order chi connectivity index (χ1) is 12.2. The van der Waals surface area contributed by atoms with Gasteiger partial charge in [-0.1, -0.05) is 30.3 Å². The number of hydrogen-bond donors (Lipinski definition) is 2. The van der Waals surface area contributed by atoms with Crippen LogP contribution in [0.1, 0.15) is 24.0 Å². The molecule has 5 heteroatoms. The van der Waals surface area contributed by atoms with Crippen LogP contribution in [0.15, 0.2) is 48.5 Å². The van der Waals surface area contributed by atoms with E-state index >= 15 is 0 Å². The van der Waals surface area contributed by atoms with Gasteiger partial charge in [-0.05, 0) is 42.2 Å². The van der Waals surface area contributed by atoms with Gasteiger partial charge in [-0.2, -0.15) is 0 Å². The van der Waals surface area contributed by atoms with Gasteiger partial charge < -0.3 is 15.4 Å². The van der Waals surface area contributed by atoms with E-state index in [1.165, 1.54) is 5.56 Å². The molecule has 0 spiro atoms.